The number of alkyl halides is 3. The van der Waals surface area contributed by atoms with E-state index in [0.29, 0.717) is 5.56 Å². The van der Waals surface area contributed by atoms with Gasteiger partial charge in [-0.2, -0.15) is 13.2 Å². The molecule has 19 heavy (non-hydrogen) atoms. The second-order valence-corrected chi connectivity index (χ2v) is 3.89. The van der Waals surface area contributed by atoms with E-state index in [1.165, 1.54) is 0 Å². The zero-order valence-corrected chi connectivity index (χ0v) is 10.2. The van der Waals surface area contributed by atoms with Gasteiger partial charge in [0, 0.05) is 6.54 Å². The van der Waals surface area contributed by atoms with Gasteiger partial charge in [-0.3, -0.25) is 0 Å². The largest absolute Gasteiger partial charge is 0.453 e. The highest BCUT2D eigenvalue weighted by molar-refractivity contribution is 5.67. The van der Waals surface area contributed by atoms with Gasteiger partial charge >= 0.3 is 12.3 Å². The number of nitrogens with zero attached hydrogens (tertiary/aromatic N) is 1. The van der Waals surface area contributed by atoms with E-state index >= 15 is 0 Å². The predicted octanol–water partition coefficient (Wildman–Crippen LogP) is 2.18. The second kappa shape index (κ2) is 6.42. The highest BCUT2D eigenvalue weighted by Crippen LogP contribution is 2.21. The number of aliphatic hydroxyl groups excluding tert-OH is 1. The Hall–Kier alpha value is -1.76. The Morgan fingerprint density at radius 2 is 1.95 bits per heavy atom. The molecule has 0 aromatic heterocycles. The molecular formula is C12H14F3NO3. The topological polar surface area (TPSA) is 49.8 Å². The Morgan fingerprint density at radius 1 is 1.37 bits per heavy atom. The van der Waals surface area contributed by atoms with E-state index < -0.39 is 24.9 Å². The Bertz CT molecular complexity index is 408. The maximum Gasteiger partial charge on any atom is 0.416 e. The minimum Gasteiger partial charge on any atom is -0.453 e. The molecule has 4 nitrogen and oxygen atoms in total. The molecule has 7 heteroatoms. The average Bonchev–Trinajstić information content (AvgIpc) is 2.37. The van der Waals surface area contributed by atoms with Crippen molar-refractivity contribution in [2.45, 2.75) is 18.8 Å². The molecule has 0 bridgehead atoms. The summed E-state index contributed by atoms with van der Waals surface area (Å²) in [5.41, 5.74) is 0.641. The van der Waals surface area contributed by atoms with E-state index in [1.807, 2.05) is 0 Å². The van der Waals surface area contributed by atoms with E-state index in [-0.39, 0.29) is 6.54 Å². The molecule has 106 valence electrons. The second-order valence-electron chi connectivity index (χ2n) is 3.89. The SMILES string of the molecule is COC(=O)N(Cc1ccccc1)CC(O)C(F)(F)F. The van der Waals surface area contributed by atoms with Crippen LogP contribution in [0, 0.1) is 0 Å². The third-order valence-electron chi connectivity index (χ3n) is 2.42. The van der Waals surface area contributed by atoms with Crippen molar-refractivity contribution in [3.63, 3.8) is 0 Å². The third kappa shape index (κ3) is 4.78. The molecule has 1 N–H and O–H groups in total. The van der Waals surface area contributed by atoms with Crippen molar-refractivity contribution in [1.29, 1.82) is 0 Å². The van der Waals surface area contributed by atoms with Gasteiger partial charge in [-0.25, -0.2) is 4.79 Å². The normalized spacial score (nSPS) is 12.9. The molecule has 0 heterocycles. The first-order valence-electron chi connectivity index (χ1n) is 5.46. The molecule has 0 radical (unpaired) electrons. The molecule has 0 aliphatic heterocycles. The van der Waals surface area contributed by atoms with Gasteiger partial charge in [-0.15, -0.1) is 0 Å². The number of methoxy groups -OCH3 is 1. The fraction of sp³-hybridized carbons (Fsp3) is 0.417. The lowest BCUT2D eigenvalue weighted by Crippen LogP contribution is -2.43. The van der Waals surface area contributed by atoms with Crippen LogP contribution in [0.5, 0.6) is 0 Å². The Morgan fingerprint density at radius 3 is 2.42 bits per heavy atom. The van der Waals surface area contributed by atoms with Crippen LogP contribution in [-0.4, -0.2) is 42.0 Å². The summed E-state index contributed by atoms with van der Waals surface area (Å²) >= 11 is 0. The molecule has 0 aliphatic carbocycles. The number of carbonyl (C=O) groups is 1. The number of aliphatic hydroxyl groups is 1. The van der Waals surface area contributed by atoms with Gasteiger partial charge in [0.05, 0.1) is 13.7 Å². The fourth-order valence-electron chi connectivity index (χ4n) is 1.45. The lowest BCUT2D eigenvalue weighted by atomic mass is 10.2. The van der Waals surface area contributed by atoms with E-state index in [1.54, 1.807) is 30.3 Å². The molecule has 1 atom stereocenters. The van der Waals surface area contributed by atoms with Gasteiger partial charge in [0.1, 0.15) is 0 Å². The fourth-order valence-corrected chi connectivity index (χ4v) is 1.45. The molecule has 1 aromatic carbocycles. The summed E-state index contributed by atoms with van der Waals surface area (Å²) in [6, 6.07) is 8.47. The van der Waals surface area contributed by atoms with Crippen molar-refractivity contribution in [2.75, 3.05) is 13.7 Å². The summed E-state index contributed by atoms with van der Waals surface area (Å²) in [5, 5.41) is 9.00. The monoisotopic (exact) mass is 277 g/mol. The Labute approximate surface area is 108 Å². The molecule has 1 unspecified atom stereocenters. The first-order valence-corrected chi connectivity index (χ1v) is 5.46. The van der Waals surface area contributed by atoms with Crippen molar-refractivity contribution in [1.82, 2.24) is 4.90 Å². The first-order chi connectivity index (χ1) is 8.84. The third-order valence-corrected chi connectivity index (χ3v) is 2.42. The van der Waals surface area contributed by atoms with Gasteiger partial charge < -0.3 is 14.7 Å². The molecule has 0 saturated heterocycles. The number of carbonyl (C=O) groups excluding carboxylic acids is 1. The number of hydrogen-bond acceptors (Lipinski definition) is 3. The van der Waals surface area contributed by atoms with Crippen molar-refractivity contribution in [3.8, 4) is 0 Å². The summed E-state index contributed by atoms with van der Waals surface area (Å²) in [7, 11) is 1.07. The summed E-state index contributed by atoms with van der Waals surface area (Å²) in [4.78, 5) is 12.2. The van der Waals surface area contributed by atoms with E-state index in [9.17, 15) is 18.0 Å². The number of rotatable bonds is 4. The lowest BCUT2D eigenvalue weighted by Gasteiger charge is -2.25. The number of ether oxygens (including phenoxy) is 1. The Balaban J connectivity index is 2.76. The summed E-state index contributed by atoms with van der Waals surface area (Å²) < 4.78 is 41.3. The van der Waals surface area contributed by atoms with Crippen LogP contribution in [0.15, 0.2) is 30.3 Å². The average molecular weight is 277 g/mol. The number of hydrogen-bond donors (Lipinski definition) is 1. The van der Waals surface area contributed by atoms with Crippen LogP contribution in [0.25, 0.3) is 0 Å². The smallest absolute Gasteiger partial charge is 0.416 e. The summed E-state index contributed by atoms with van der Waals surface area (Å²) in [5.74, 6) is 0. The van der Waals surface area contributed by atoms with Crippen molar-refractivity contribution in [3.05, 3.63) is 35.9 Å². The van der Waals surface area contributed by atoms with E-state index in [4.69, 9.17) is 5.11 Å². The van der Waals surface area contributed by atoms with Crippen molar-refractivity contribution in [2.24, 2.45) is 0 Å². The first kappa shape index (κ1) is 15.3. The quantitative estimate of drug-likeness (QED) is 0.917. The summed E-state index contributed by atoms with van der Waals surface area (Å²) in [6.45, 7) is -0.939. The minimum absolute atomic E-state index is 0.0688. The van der Waals surface area contributed by atoms with Gasteiger partial charge in [0.2, 0.25) is 0 Å². The zero-order valence-electron chi connectivity index (χ0n) is 10.2. The molecule has 0 fully saturated rings. The van der Waals surface area contributed by atoms with E-state index in [0.717, 1.165) is 12.0 Å². The molecule has 1 aromatic rings. The lowest BCUT2D eigenvalue weighted by molar-refractivity contribution is -0.207. The van der Waals surface area contributed by atoms with Crippen LogP contribution in [0.2, 0.25) is 0 Å². The van der Waals surface area contributed by atoms with Gasteiger partial charge in [0.25, 0.3) is 0 Å². The molecular weight excluding hydrogens is 263 g/mol. The molecule has 0 aliphatic rings. The van der Waals surface area contributed by atoms with Gasteiger partial charge in [-0.1, -0.05) is 30.3 Å². The Kier molecular flexibility index (Phi) is 5.17. The molecule has 1 rings (SSSR count). The summed E-state index contributed by atoms with van der Waals surface area (Å²) in [6.07, 6.45) is -8.30. The standard InChI is InChI=1S/C12H14F3NO3/c1-19-11(18)16(8-10(17)12(13,14)15)7-9-5-3-2-4-6-9/h2-6,10,17H,7-8H2,1H3. The highest BCUT2D eigenvalue weighted by Gasteiger charge is 2.40. The maximum absolute atomic E-state index is 12.3. The molecule has 1 amide bonds. The zero-order chi connectivity index (χ0) is 14.5. The number of halogens is 3. The van der Waals surface area contributed by atoms with Gasteiger partial charge in [-0.05, 0) is 5.56 Å². The number of amides is 1. The van der Waals surface area contributed by atoms with E-state index in [2.05, 4.69) is 4.74 Å². The molecule has 0 spiro atoms. The molecule has 0 saturated carbocycles. The van der Waals surface area contributed by atoms with Gasteiger partial charge in [0.15, 0.2) is 6.10 Å². The van der Waals surface area contributed by atoms with Crippen LogP contribution < -0.4 is 0 Å². The minimum atomic E-state index is -4.77. The van der Waals surface area contributed by atoms with Crippen molar-refractivity contribution < 1.29 is 27.8 Å². The van der Waals surface area contributed by atoms with Crippen LogP contribution >= 0.6 is 0 Å². The van der Waals surface area contributed by atoms with Crippen molar-refractivity contribution >= 4 is 6.09 Å². The van der Waals surface area contributed by atoms with Crippen LogP contribution in [-0.2, 0) is 11.3 Å². The van der Waals surface area contributed by atoms with Crippen LogP contribution in [0.1, 0.15) is 5.56 Å². The highest BCUT2D eigenvalue weighted by atomic mass is 19.4. The van der Waals surface area contributed by atoms with Crippen LogP contribution in [0.4, 0.5) is 18.0 Å². The number of benzene rings is 1. The van der Waals surface area contributed by atoms with Crippen LogP contribution in [0.3, 0.4) is 0 Å². The maximum atomic E-state index is 12.3. The predicted molar refractivity (Wildman–Crippen MR) is 61.3 cm³/mol.